The van der Waals surface area contributed by atoms with Crippen molar-refractivity contribution in [2.45, 2.75) is 70.1 Å². The van der Waals surface area contributed by atoms with Crippen LogP contribution in [-0.4, -0.2) is 36.5 Å². The van der Waals surface area contributed by atoms with E-state index >= 15 is 0 Å². The standard InChI is InChI=1S/C14H27NO2/c1-11-8-13(6-7-17-11)15-10-14(16)9-12-4-2-3-5-12/h11-16H,2-10H2,1H3. The van der Waals surface area contributed by atoms with Gasteiger partial charge in [0, 0.05) is 19.2 Å². The van der Waals surface area contributed by atoms with Gasteiger partial charge < -0.3 is 15.2 Å². The number of hydrogen-bond donors (Lipinski definition) is 2. The maximum atomic E-state index is 10.0. The van der Waals surface area contributed by atoms with Crippen LogP contribution < -0.4 is 5.32 Å². The second kappa shape index (κ2) is 6.72. The molecule has 3 unspecified atom stereocenters. The maximum absolute atomic E-state index is 10.0. The van der Waals surface area contributed by atoms with Crippen LogP contribution >= 0.6 is 0 Å². The van der Waals surface area contributed by atoms with Gasteiger partial charge in [0.15, 0.2) is 0 Å². The lowest BCUT2D eigenvalue weighted by Gasteiger charge is -2.29. The molecule has 17 heavy (non-hydrogen) atoms. The van der Waals surface area contributed by atoms with E-state index in [2.05, 4.69) is 12.2 Å². The van der Waals surface area contributed by atoms with Gasteiger partial charge in [-0.05, 0) is 32.1 Å². The van der Waals surface area contributed by atoms with E-state index in [1.54, 1.807) is 0 Å². The Morgan fingerprint density at radius 2 is 2.06 bits per heavy atom. The molecule has 1 aliphatic carbocycles. The molecule has 0 bridgehead atoms. The van der Waals surface area contributed by atoms with Gasteiger partial charge in [-0.1, -0.05) is 25.7 Å². The number of nitrogens with one attached hydrogen (secondary N) is 1. The Kier molecular flexibility index (Phi) is 5.26. The van der Waals surface area contributed by atoms with E-state index in [0.29, 0.717) is 12.1 Å². The summed E-state index contributed by atoms with van der Waals surface area (Å²) in [5.74, 6) is 0.778. The molecular formula is C14H27NO2. The van der Waals surface area contributed by atoms with E-state index < -0.39 is 0 Å². The molecule has 0 aromatic rings. The average molecular weight is 241 g/mol. The molecule has 0 amide bonds. The van der Waals surface area contributed by atoms with Crippen LogP contribution in [-0.2, 0) is 4.74 Å². The molecule has 2 rings (SSSR count). The zero-order chi connectivity index (χ0) is 12.1. The van der Waals surface area contributed by atoms with Crippen molar-refractivity contribution in [1.29, 1.82) is 0 Å². The van der Waals surface area contributed by atoms with E-state index in [0.717, 1.165) is 38.3 Å². The van der Waals surface area contributed by atoms with Gasteiger partial charge in [-0.25, -0.2) is 0 Å². The number of rotatable bonds is 5. The van der Waals surface area contributed by atoms with Crippen molar-refractivity contribution in [2.24, 2.45) is 5.92 Å². The van der Waals surface area contributed by atoms with Gasteiger partial charge in [0.25, 0.3) is 0 Å². The van der Waals surface area contributed by atoms with Crippen molar-refractivity contribution in [3.63, 3.8) is 0 Å². The highest BCUT2D eigenvalue weighted by atomic mass is 16.5. The Labute approximate surface area is 105 Å². The fourth-order valence-corrected chi connectivity index (χ4v) is 3.20. The van der Waals surface area contributed by atoms with Gasteiger partial charge in [0.2, 0.25) is 0 Å². The van der Waals surface area contributed by atoms with Crippen LogP contribution in [0.1, 0.15) is 51.9 Å². The van der Waals surface area contributed by atoms with Crippen LogP contribution in [0.2, 0.25) is 0 Å². The molecule has 0 aromatic heterocycles. The Morgan fingerprint density at radius 1 is 1.29 bits per heavy atom. The molecule has 0 radical (unpaired) electrons. The van der Waals surface area contributed by atoms with Gasteiger partial charge >= 0.3 is 0 Å². The first-order valence-corrected chi connectivity index (χ1v) is 7.27. The predicted octanol–water partition coefficient (Wildman–Crippen LogP) is 2.08. The Hall–Kier alpha value is -0.120. The minimum absolute atomic E-state index is 0.156. The van der Waals surface area contributed by atoms with Crippen LogP contribution in [0.25, 0.3) is 0 Å². The van der Waals surface area contributed by atoms with E-state index in [1.165, 1.54) is 25.7 Å². The second-order valence-corrected chi connectivity index (χ2v) is 5.85. The summed E-state index contributed by atoms with van der Waals surface area (Å²) in [6.45, 7) is 3.74. The van der Waals surface area contributed by atoms with Gasteiger partial charge in [0.1, 0.15) is 0 Å². The monoisotopic (exact) mass is 241 g/mol. The van der Waals surface area contributed by atoms with Gasteiger partial charge in [-0.2, -0.15) is 0 Å². The highest BCUT2D eigenvalue weighted by molar-refractivity contribution is 4.77. The van der Waals surface area contributed by atoms with Crippen LogP contribution in [0.15, 0.2) is 0 Å². The third-order valence-electron chi connectivity index (χ3n) is 4.21. The van der Waals surface area contributed by atoms with Crippen LogP contribution in [0, 0.1) is 5.92 Å². The van der Waals surface area contributed by atoms with Crippen LogP contribution in [0.3, 0.4) is 0 Å². The Bertz CT molecular complexity index is 216. The summed E-state index contributed by atoms with van der Waals surface area (Å²) < 4.78 is 5.52. The molecule has 0 spiro atoms. The Balaban J connectivity index is 1.59. The molecule has 3 heteroatoms. The van der Waals surface area contributed by atoms with Gasteiger partial charge in [-0.3, -0.25) is 0 Å². The third-order valence-corrected chi connectivity index (χ3v) is 4.21. The molecule has 2 N–H and O–H groups in total. The van der Waals surface area contributed by atoms with Gasteiger partial charge in [-0.15, -0.1) is 0 Å². The minimum Gasteiger partial charge on any atom is -0.392 e. The predicted molar refractivity (Wildman–Crippen MR) is 69.0 cm³/mol. The summed E-state index contributed by atoms with van der Waals surface area (Å²) in [5, 5.41) is 13.5. The highest BCUT2D eigenvalue weighted by Crippen LogP contribution is 2.28. The fourth-order valence-electron chi connectivity index (χ4n) is 3.20. The molecule has 2 aliphatic rings. The van der Waals surface area contributed by atoms with E-state index in [9.17, 15) is 5.11 Å². The lowest BCUT2D eigenvalue weighted by molar-refractivity contribution is 0.0104. The average Bonchev–Trinajstić information content (AvgIpc) is 2.79. The molecular weight excluding hydrogens is 214 g/mol. The van der Waals surface area contributed by atoms with Crippen molar-refractivity contribution in [3.8, 4) is 0 Å². The number of ether oxygens (including phenoxy) is 1. The van der Waals surface area contributed by atoms with Crippen molar-refractivity contribution < 1.29 is 9.84 Å². The zero-order valence-corrected chi connectivity index (χ0v) is 11.0. The molecule has 2 fully saturated rings. The quantitative estimate of drug-likeness (QED) is 0.774. The smallest absolute Gasteiger partial charge is 0.0667 e. The summed E-state index contributed by atoms with van der Waals surface area (Å²) in [5.41, 5.74) is 0. The molecule has 100 valence electrons. The summed E-state index contributed by atoms with van der Waals surface area (Å²) in [7, 11) is 0. The topological polar surface area (TPSA) is 41.5 Å². The normalized spacial score (nSPS) is 32.8. The summed E-state index contributed by atoms with van der Waals surface area (Å²) in [6.07, 6.45) is 8.74. The molecule has 0 aromatic carbocycles. The highest BCUT2D eigenvalue weighted by Gasteiger charge is 2.22. The first-order valence-electron chi connectivity index (χ1n) is 7.27. The summed E-state index contributed by atoms with van der Waals surface area (Å²) >= 11 is 0. The van der Waals surface area contributed by atoms with Crippen molar-refractivity contribution in [1.82, 2.24) is 5.32 Å². The van der Waals surface area contributed by atoms with Crippen molar-refractivity contribution in [3.05, 3.63) is 0 Å². The summed E-state index contributed by atoms with van der Waals surface area (Å²) in [6, 6.07) is 0.539. The van der Waals surface area contributed by atoms with Crippen molar-refractivity contribution in [2.75, 3.05) is 13.2 Å². The van der Waals surface area contributed by atoms with Crippen LogP contribution in [0.5, 0.6) is 0 Å². The summed E-state index contributed by atoms with van der Waals surface area (Å²) in [4.78, 5) is 0. The lowest BCUT2D eigenvalue weighted by atomic mass is 9.99. The number of hydrogen-bond acceptors (Lipinski definition) is 3. The molecule has 1 saturated carbocycles. The minimum atomic E-state index is -0.156. The molecule has 1 heterocycles. The molecule has 3 atom stereocenters. The van der Waals surface area contributed by atoms with Crippen molar-refractivity contribution >= 4 is 0 Å². The lowest BCUT2D eigenvalue weighted by Crippen LogP contribution is -2.41. The largest absolute Gasteiger partial charge is 0.392 e. The molecule has 1 saturated heterocycles. The second-order valence-electron chi connectivity index (χ2n) is 5.85. The van der Waals surface area contributed by atoms with Crippen LogP contribution in [0.4, 0.5) is 0 Å². The van der Waals surface area contributed by atoms with E-state index in [4.69, 9.17) is 4.74 Å². The fraction of sp³-hybridized carbons (Fsp3) is 1.00. The number of aliphatic hydroxyl groups is 1. The third kappa shape index (κ3) is 4.57. The molecule has 1 aliphatic heterocycles. The first-order chi connectivity index (χ1) is 8.24. The van der Waals surface area contributed by atoms with E-state index in [-0.39, 0.29) is 6.10 Å². The van der Waals surface area contributed by atoms with E-state index in [1.807, 2.05) is 0 Å². The SMILES string of the molecule is CC1CC(NCC(O)CC2CCCC2)CCO1. The first kappa shape index (κ1) is 13.3. The molecule has 3 nitrogen and oxygen atoms in total. The zero-order valence-electron chi connectivity index (χ0n) is 11.0. The van der Waals surface area contributed by atoms with Gasteiger partial charge in [0.05, 0.1) is 12.2 Å². The number of aliphatic hydroxyl groups excluding tert-OH is 1. The maximum Gasteiger partial charge on any atom is 0.0667 e. The Morgan fingerprint density at radius 3 is 2.76 bits per heavy atom.